The summed E-state index contributed by atoms with van der Waals surface area (Å²) in [5, 5.41) is 8.77. The molecule has 0 saturated carbocycles. The van der Waals surface area contributed by atoms with E-state index in [4.69, 9.17) is 5.11 Å². The molecule has 110 valence electrons. The summed E-state index contributed by atoms with van der Waals surface area (Å²) in [6.07, 6.45) is 3.20. The number of aliphatic carboxylic acids is 1. The van der Waals surface area contributed by atoms with Crippen molar-refractivity contribution < 1.29 is 18.3 Å². The minimum absolute atomic E-state index is 0.179. The molecule has 6 heteroatoms. The van der Waals surface area contributed by atoms with E-state index in [0.29, 0.717) is 12.1 Å². The third kappa shape index (κ3) is 4.79. The van der Waals surface area contributed by atoms with Crippen molar-refractivity contribution in [2.45, 2.75) is 31.6 Å². The maximum Gasteiger partial charge on any atom is 0.331 e. The standard InChI is InChI=1S/C14H19NO4S/c1-3-4-9-15-20(18,19)13-7-5-12(6-8-13)10-11(2)14(16)17/h5-8,10,15H,3-4,9H2,1-2H3,(H,16,17)/b11-10+. The van der Waals surface area contributed by atoms with Crippen LogP contribution >= 0.6 is 0 Å². The lowest BCUT2D eigenvalue weighted by Crippen LogP contribution is -2.24. The zero-order valence-electron chi connectivity index (χ0n) is 11.6. The number of nitrogens with one attached hydrogen (secondary N) is 1. The molecule has 0 amide bonds. The van der Waals surface area contributed by atoms with E-state index in [-0.39, 0.29) is 10.5 Å². The van der Waals surface area contributed by atoms with E-state index in [1.807, 2.05) is 6.92 Å². The van der Waals surface area contributed by atoms with Gasteiger partial charge in [0.25, 0.3) is 0 Å². The quantitative estimate of drug-likeness (QED) is 0.597. The first kappa shape index (κ1) is 16.4. The minimum Gasteiger partial charge on any atom is -0.478 e. The van der Waals surface area contributed by atoms with E-state index in [2.05, 4.69) is 4.72 Å². The maximum atomic E-state index is 11.9. The molecule has 0 bridgehead atoms. The Balaban J connectivity index is 2.86. The molecule has 1 rings (SSSR count). The first-order valence-corrected chi connectivity index (χ1v) is 7.86. The largest absolute Gasteiger partial charge is 0.478 e. The molecular formula is C14H19NO4S. The molecule has 1 aromatic rings. The van der Waals surface area contributed by atoms with Crippen molar-refractivity contribution >= 4 is 22.1 Å². The summed E-state index contributed by atoms with van der Waals surface area (Å²) in [6.45, 7) is 3.89. The molecule has 0 fully saturated rings. The average molecular weight is 297 g/mol. The van der Waals surface area contributed by atoms with Crippen LogP contribution in [0, 0.1) is 0 Å². The number of hydrogen-bond acceptors (Lipinski definition) is 3. The van der Waals surface area contributed by atoms with Crippen LogP contribution in [0.3, 0.4) is 0 Å². The normalized spacial score (nSPS) is 12.4. The van der Waals surface area contributed by atoms with Gasteiger partial charge in [-0.2, -0.15) is 0 Å². The summed E-state index contributed by atoms with van der Waals surface area (Å²) in [6, 6.07) is 6.10. The fourth-order valence-electron chi connectivity index (χ4n) is 1.52. The first-order chi connectivity index (χ1) is 9.36. The van der Waals surface area contributed by atoms with E-state index in [9.17, 15) is 13.2 Å². The molecule has 0 unspecified atom stereocenters. The van der Waals surface area contributed by atoms with E-state index in [0.717, 1.165) is 12.8 Å². The zero-order valence-corrected chi connectivity index (χ0v) is 12.4. The summed E-state index contributed by atoms with van der Waals surface area (Å²) in [5.74, 6) is -0.997. The molecule has 0 aliphatic heterocycles. The van der Waals surface area contributed by atoms with Crippen LogP contribution in [0.1, 0.15) is 32.3 Å². The van der Waals surface area contributed by atoms with Crippen LogP contribution in [-0.2, 0) is 14.8 Å². The lowest BCUT2D eigenvalue weighted by molar-refractivity contribution is -0.132. The highest BCUT2D eigenvalue weighted by atomic mass is 32.2. The molecule has 0 aliphatic rings. The van der Waals surface area contributed by atoms with E-state index >= 15 is 0 Å². The van der Waals surface area contributed by atoms with Crippen LogP contribution in [0.2, 0.25) is 0 Å². The van der Waals surface area contributed by atoms with Gasteiger partial charge in [0, 0.05) is 12.1 Å². The van der Waals surface area contributed by atoms with Crippen molar-refractivity contribution in [3.8, 4) is 0 Å². The van der Waals surface area contributed by atoms with Crippen LogP contribution in [0.25, 0.3) is 6.08 Å². The number of hydrogen-bond donors (Lipinski definition) is 2. The van der Waals surface area contributed by atoms with Gasteiger partial charge in [0.2, 0.25) is 10.0 Å². The number of carboxylic acid groups (broad SMARTS) is 1. The molecule has 20 heavy (non-hydrogen) atoms. The number of sulfonamides is 1. The summed E-state index contributed by atoms with van der Waals surface area (Å²) < 4.78 is 26.4. The fourth-order valence-corrected chi connectivity index (χ4v) is 2.60. The summed E-state index contributed by atoms with van der Waals surface area (Å²) >= 11 is 0. The Bertz CT molecular complexity index is 588. The van der Waals surface area contributed by atoms with Gasteiger partial charge in [0.15, 0.2) is 0 Å². The average Bonchev–Trinajstić information content (AvgIpc) is 2.39. The van der Waals surface area contributed by atoms with Crippen molar-refractivity contribution in [1.29, 1.82) is 0 Å². The minimum atomic E-state index is -3.48. The van der Waals surface area contributed by atoms with Crippen LogP contribution in [0.5, 0.6) is 0 Å². The number of benzene rings is 1. The third-order valence-electron chi connectivity index (χ3n) is 2.73. The van der Waals surface area contributed by atoms with Crippen LogP contribution < -0.4 is 4.72 Å². The monoisotopic (exact) mass is 297 g/mol. The first-order valence-electron chi connectivity index (χ1n) is 6.38. The second-order valence-electron chi connectivity index (χ2n) is 4.45. The predicted octanol–water partition coefficient (Wildman–Crippen LogP) is 2.25. The molecule has 0 radical (unpaired) electrons. The van der Waals surface area contributed by atoms with Gasteiger partial charge in [0.1, 0.15) is 0 Å². The van der Waals surface area contributed by atoms with Crippen LogP contribution in [0.4, 0.5) is 0 Å². The highest BCUT2D eigenvalue weighted by molar-refractivity contribution is 7.89. The Labute approximate surface area is 119 Å². The van der Waals surface area contributed by atoms with Crippen molar-refractivity contribution in [2.75, 3.05) is 6.54 Å². The third-order valence-corrected chi connectivity index (χ3v) is 4.21. The second kappa shape index (κ2) is 7.21. The Hall–Kier alpha value is -1.66. The topological polar surface area (TPSA) is 83.5 Å². The van der Waals surface area contributed by atoms with Crippen molar-refractivity contribution in [2.24, 2.45) is 0 Å². The number of carbonyl (C=O) groups is 1. The molecule has 0 saturated heterocycles. The molecule has 5 nitrogen and oxygen atoms in total. The van der Waals surface area contributed by atoms with Crippen molar-refractivity contribution in [1.82, 2.24) is 4.72 Å². The van der Waals surface area contributed by atoms with Gasteiger partial charge in [-0.1, -0.05) is 25.5 Å². The van der Waals surface area contributed by atoms with Crippen LogP contribution in [0.15, 0.2) is 34.7 Å². The Morgan fingerprint density at radius 3 is 2.40 bits per heavy atom. The molecule has 0 aromatic heterocycles. The van der Waals surface area contributed by atoms with Gasteiger partial charge in [-0.15, -0.1) is 0 Å². The number of unbranched alkanes of at least 4 members (excludes halogenated alkanes) is 1. The summed E-state index contributed by atoms with van der Waals surface area (Å²) in [7, 11) is -3.48. The highest BCUT2D eigenvalue weighted by Gasteiger charge is 2.12. The Morgan fingerprint density at radius 2 is 1.90 bits per heavy atom. The molecule has 0 atom stereocenters. The van der Waals surface area contributed by atoms with Crippen LogP contribution in [-0.4, -0.2) is 26.0 Å². The lowest BCUT2D eigenvalue weighted by Gasteiger charge is -2.06. The van der Waals surface area contributed by atoms with Gasteiger partial charge >= 0.3 is 5.97 Å². The van der Waals surface area contributed by atoms with Gasteiger partial charge < -0.3 is 5.11 Å². The SMILES string of the molecule is CCCCNS(=O)(=O)c1ccc(/C=C(\C)C(=O)O)cc1. The molecule has 0 heterocycles. The Morgan fingerprint density at radius 1 is 1.30 bits per heavy atom. The van der Waals surface area contributed by atoms with E-state index < -0.39 is 16.0 Å². The number of carboxylic acids is 1. The van der Waals surface area contributed by atoms with Gasteiger partial charge in [-0.3, -0.25) is 0 Å². The van der Waals surface area contributed by atoms with E-state index in [1.54, 1.807) is 12.1 Å². The highest BCUT2D eigenvalue weighted by Crippen LogP contribution is 2.13. The smallest absolute Gasteiger partial charge is 0.331 e. The fraction of sp³-hybridized carbons (Fsp3) is 0.357. The second-order valence-corrected chi connectivity index (χ2v) is 6.22. The van der Waals surface area contributed by atoms with Crippen molar-refractivity contribution in [3.05, 3.63) is 35.4 Å². The molecule has 2 N–H and O–H groups in total. The van der Waals surface area contributed by atoms with Gasteiger partial charge in [0.05, 0.1) is 4.90 Å². The van der Waals surface area contributed by atoms with Gasteiger partial charge in [-0.05, 0) is 37.1 Å². The predicted molar refractivity (Wildman–Crippen MR) is 77.8 cm³/mol. The molecule has 0 aliphatic carbocycles. The van der Waals surface area contributed by atoms with E-state index in [1.165, 1.54) is 25.1 Å². The Kier molecular flexibility index (Phi) is 5.91. The maximum absolute atomic E-state index is 11.9. The van der Waals surface area contributed by atoms with Crippen molar-refractivity contribution in [3.63, 3.8) is 0 Å². The summed E-state index contributed by atoms with van der Waals surface area (Å²) in [4.78, 5) is 10.9. The van der Waals surface area contributed by atoms with Gasteiger partial charge in [-0.25, -0.2) is 17.9 Å². The summed E-state index contributed by atoms with van der Waals surface area (Å²) in [5.41, 5.74) is 0.846. The zero-order chi connectivity index (χ0) is 15.2. The molecule has 1 aromatic carbocycles. The number of rotatable bonds is 7. The molecular weight excluding hydrogens is 278 g/mol. The lowest BCUT2D eigenvalue weighted by atomic mass is 10.1. The molecule has 0 spiro atoms.